The summed E-state index contributed by atoms with van der Waals surface area (Å²) in [5.41, 5.74) is 2.05. The van der Waals surface area contributed by atoms with E-state index in [9.17, 15) is 19.7 Å². The van der Waals surface area contributed by atoms with E-state index in [2.05, 4.69) is 10.3 Å². The van der Waals surface area contributed by atoms with Crippen LogP contribution in [-0.2, 0) is 0 Å². The molecule has 0 spiro atoms. The molecule has 0 saturated heterocycles. The van der Waals surface area contributed by atoms with Gasteiger partial charge in [-0.2, -0.15) is 0 Å². The van der Waals surface area contributed by atoms with Crippen LogP contribution in [0.25, 0.3) is 10.6 Å². The first-order chi connectivity index (χ1) is 14.5. The maximum absolute atomic E-state index is 12.5. The number of hydrogen-bond donors (Lipinski definition) is 1. The minimum Gasteiger partial charge on any atom is -0.298 e. The highest BCUT2D eigenvalue weighted by molar-refractivity contribution is 7.16. The van der Waals surface area contributed by atoms with Gasteiger partial charge in [-0.3, -0.25) is 25.0 Å². The molecule has 148 valence electrons. The van der Waals surface area contributed by atoms with E-state index in [0.29, 0.717) is 32.4 Å². The number of thiazole rings is 1. The third-order valence-electron chi connectivity index (χ3n) is 4.22. The Balaban J connectivity index is 1.45. The van der Waals surface area contributed by atoms with Crippen LogP contribution >= 0.6 is 22.7 Å². The Labute approximate surface area is 178 Å². The molecule has 0 aliphatic carbocycles. The van der Waals surface area contributed by atoms with Crippen molar-refractivity contribution in [2.24, 2.45) is 0 Å². The van der Waals surface area contributed by atoms with Crippen molar-refractivity contribution >= 4 is 45.2 Å². The van der Waals surface area contributed by atoms with Gasteiger partial charge in [-0.05, 0) is 12.1 Å². The van der Waals surface area contributed by atoms with Gasteiger partial charge in [0.05, 0.1) is 20.9 Å². The number of hydrogen-bond acceptors (Lipinski definition) is 7. The summed E-state index contributed by atoms with van der Waals surface area (Å²) in [6.45, 7) is 0. The number of thiophene rings is 1. The van der Waals surface area contributed by atoms with Gasteiger partial charge in [-0.15, -0.1) is 22.7 Å². The van der Waals surface area contributed by atoms with E-state index in [-0.39, 0.29) is 17.4 Å². The molecule has 0 saturated carbocycles. The molecule has 2 aromatic carbocycles. The van der Waals surface area contributed by atoms with Crippen molar-refractivity contribution < 1.29 is 14.5 Å². The Morgan fingerprint density at radius 3 is 2.23 bits per heavy atom. The highest BCUT2D eigenvalue weighted by Gasteiger charge is 2.15. The molecule has 4 rings (SSSR count). The van der Waals surface area contributed by atoms with E-state index in [1.54, 1.807) is 53.9 Å². The highest BCUT2D eigenvalue weighted by Crippen LogP contribution is 2.33. The zero-order valence-corrected chi connectivity index (χ0v) is 16.9. The van der Waals surface area contributed by atoms with E-state index < -0.39 is 4.92 Å². The Morgan fingerprint density at radius 2 is 1.57 bits per heavy atom. The van der Waals surface area contributed by atoms with Crippen LogP contribution in [0, 0.1) is 10.1 Å². The normalized spacial score (nSPS) is 10.5. The van der Waals surface area contributed by atoms with E-state index in [1.807, 2.05) is 6.07 Å². The monoisotopic (exact) mass is 435 g/mol. The number of anilines is 1. The fourth-order valence-corrected chi connectivity index (χ4v) is 4.30. The van der Waals surface area contributed by atoms with Crippen molar-refractivity contribution in [1.29, 1.82) is 0 Å². The number of rotatable bonds is 6. The predicted molar refractivity (Wildman–Crippen MR) is 116 cm³/mol. The maximum Gasteiger partial charge on any atom is 0.280 e. The summed E-state index contributed by atoms with van der Waals surface area (Å²) in [6.07, 6.45) is 0. The summed E-state index contributed by atoms with van der Waals surface area (Å²) in [5.74, 6) is -0.469. The fourth-order valence-electron chi connectivity index (χ4n) is 2.70. The molecule has 7 nitrogen and oxygen atoms in total. The van der Waals surface area contributed by atoms with Crippen LogP contribution in [0.1, 0.15) is 26.3 Å². The molecule has 0 bridgehead atoms. The number of nitrogens with zero attached hydrogens (tertiary/aromatic N) is 2. The third-order valence-corrected chi connectivity index (χ3v) is 5.92. The van der Waals surface area contributed by atoms with E-state index in [4.69, 9.17) is 0 Å². The SMILES string of the molecule is O=C(Nc1nc(-c2cc([N+](=O)[O-])cs2)cs1)c1ccc(C(=O)c2ccccc2)cc1. The molecule has 1 N–H and O–H groups in total. The van der Waals surface area contributed by atoms with Gasteiger partial charge in [0.25, 0.3) is 11.6 Å². The van der Waals surface area contributed by atoms with Crippen molar-refractivity contribution in [3.8, 4) is 10.6 Å². The summed E-state index contributed by atoms with van der Waals surface area (Å²) in [7, 11) is 0. The highest BCUT2D eigenvalue weighted by atomic mass is 32.1. The number of ketones is 1. The summed E-state index contributed by atoms with van der Waals surface area (Å²) < 4.78 is 0. The zero-order valence-electron chi connectivity index (χ0n) is 15.3. The molecular formula is C21H13N3O4S2. The standard InChI is InChI=1S/C21H13N3O4S2/c25-19(13-4-2-1-3-5-13)14-6-8-15(9-7-14)20(26)23-21-22-17(12-30-21)18-10-16(11-29-18)24(27)28/h1-12H,(H,22,23,26). The average molecular weight is 435 g/mol. The quantitative estimate of drug-likeness (QED) is 0.253. The zero-order chi connectivity index (χ0) is 21.1. The molecule has 0 aliphatic rings. The second-order valence-electron chi connectivity index (χ2n) is 6.19. The van der Waals surface area contributed by atoms with Gasteiger partial charge >= 0.3 is 0 Å². The largest absolute Gasteiger partial charge is 0.298 e. The van der Waals surface area contributed by atoms with Crippen molar-refractivity contribution in [2.75, 3.05) is 5.32 Å². The van der Waals surface area contributed by atoms with Crippen molar-refractivity contribution in [1.82, 2.24) is 4.98 Å². The average Bonchev–Trinajstić information content (AvgIpc) is 3.44. The van der Waals surface area contributed by atoms with E-state index in [0.717, 1.165) is 0 Å². The smallest absolute Gasteiger partial charge is 0.280 e. The van der Waals surface area contributed by atoms with E-state index >= 15 is 0 Å². The summed E-state index contributed by atoms with van der Waals surface area (Å²) in [6, 6.07) is 16.8. The van der Waals surface area contributed by atoms with Crippen molar-refractivity contribution in [2.45, 2.75) is 0 Å². The van der Waals surface area contributed by atoms with Crippen LogP contribution in [0.4, 0.5) is 10.8 Å². The second kappa shape index (κ2) is 8.36. The van der Waals surface area contributed by atoms with Crippen LogP contribution in [0.15, 0.2) is 71.4 Å². The Hall–Kier alpha value is -3.69. The van der Waals surface area contributed by atoms with Gasteiger partial charge in [0.1, 0.15) is 0 Å². The topological polar surface area (TPSA) is 102 Å². The molecule has 4 aromatic rings. The summed E-state index contributed by atoms with van der Waals surface area (Å²) in [5, 5.41) is 17.1. The number of nitro groups is 1. The molecular weight excluding hydrogens is 422 g/mol. The van der Waals surface area contributed by atoms with Gasteiger partial charge in [-0.25, -0.2) is 4.98 Å². The molecule has 30 heavy (non-hydrogen) atoms. The van der Waals surface area contributed by atoms with Crippen LogP contribution < -0.4 is 5.32 Å². The maximum atomic E-state index is 12.5. The fraction of sp³-hybridized carbons (Fsp3) is 0. The number of aromatic nitrogens is 1. The molecule has 0 unspecified atom stereocenters. The first-order valence-electron chi connectivity index (χ1n) is 8.71. The van der Waals surface area contributed by atoms with Gasteiger partial charge in [0.2, 0.25) is 0 Å². The molecule has 9 heteroatoms. The van der Waals surface area contributed by atoms with Crippen LogP contribution in [0.2, 0.25) is 0 Å². The lowest BCUT2D eigenvalue weighted by atomic mass is 10.0. The number of nitrogens with one attached hydrogen (secondary N) is 1. The summed E-state index contributed by atoms with van der Waals surface area (Å²) in [4.78, 5) is 40.3. The molecule has 0 aliphatic heterocycles. The second-order valence-corrected chi connectivity index (χ2v) is 7.96. The Bertz CT molecular complexity index is 1230. The minimum atomic E-state index is -0.457. The van der Waals surface area contributed by atoms with Crippen LogP contribution in [0.3, 0.4) is 0 Å². The molecule has 0 fully saturated rings. The minimum absolute atomic E-state index is 0.0127. The van der Waals surface area contributed by atoms with Crippen molar-refractivity contribution in [3.63, 3.8) is 0 Å². The number of benzene rings is 2. The lowest BCUT2D eigenvalue weighted by Crippen LogP contribution is -2.12. The number of carbonyl (C=O) groups is 2. The molecule has 2 aromatic heterocycles. The Kier molecular flexibility index (Phi) is 5.46. The van der Waals surface area contributed by atoms with Gasteiger partial charge in [0, 0.05) is 28.1 Å². The van der Waals surface area contributed by atoms with Crippen LogP contribution in [-0.4, -0.2) is 21.6 Å². The van der Waals surface area contributed by atoms with Crippen LogP contribution in [0.5, 0.6) is 0 Å². The first-order valence-corrected chi connectivity index (χ1v) is 10.5. The lowest BCUT2D eigenvalue weighted by molar-refractivity contribution is -0.384. The van der Waals surface area contributed by atoms with Crippen molar-refractivity contribution in [3.05, 3.63) is 98.2 Å². The van der Waals surface area contributed by atoms with Gasteiger partial charge in [-0.1, -0.05) is 42.5 Å². The predicted octanol–water partition coefficient (Wildman–Crippen LogP) is 5.26. The van der Waals surface area contributed by atoms with E-state index in [1.165, 1.54) is 34.1 Å². The van der Waals surface area contributed by atoms with Gasteiger partial charge in [0.15, 0.2) is 10.9 Å². The third kappa shape index (κ3) is 4.17. The first kappa shape index (κ1) is 19.6. The molecule has 0 radical (unpaired) electrons. The molecule has 1 amide bonds. The van der Waals surface area contributed by atoms with Gasteiger partial charge < -0.3 is 0 Å². The number of amides is 1. The Morgan fingerprint density at radius 1 is 0.900 bits per heavy atom. The number of carbonyl (C=O) groups excluding carboxylic acids is 2. The molecule has 0 atom stereocenters. The summed E-state index contributed by atoms with van der Waals surface area (Å²) >= 11 is 2.45. The lowest BCUT2D eigenvalue weighted by Gasteiger charge is -2.04. The molecule has 2 heterocycles.